The number of rotatable bonds is 4. The van der Waals surface area contributed by atoms with Crippen molar-refractivity contribution in [3.8, 4) is 0 Å². The molecule has 88 valence electrons. The fourth-order valence-corrected chi connectivity index (χ4v) is 1.68. The lowest BCUT2D eigenvalue weighted by Crippen LogP contribution is -2.29. The molecule has 1 aliphatic heterocycles. The number of carbonyl (C=O) groups excluding carboxylic acids is 3. The second-order valence-electron chi connectivity index (χ2n) is 3.14. The van der Waals surface area contributed by atoms with Crippen LogP contribution in [-0.2, 0) is 14.3 Å². The maximum atomic E-state index is 11.4. The van der Waals surface area contributed by atoms with Gasteiger partial charge in [-0.3, -0.25) is 9.59 Å². The number of amides is 2. The number of hydrogen-bond donors (Lipinski definition) is 0. The number of cyclic esters (lactones) is 1. The first-order valence-electron chi connectivity index (χ1n) is 4.89. The minimum Gasteiger partial charge on any atom is -0.447 e. The highest BCUT2D eigenvalue weighted by Gasteiger charge is 2.26. The molecule has 0 radical (unpaired) electrons. The van der Waals surface area contributed by atoms with Crippen molar-refractivity contribution in [1.82, 2.24) is 4.90 Å². The summed E-state index contributed by atoms with van der Waals surface area (Å²) in [5, 5.41) is 0.0582. The molecule has 0 atom stereocenters. The fraction of sp³-hybridized carbons (Fsp3) is 0.500. The van der Waals surface area contributed by atoms with Gasteiger partial charge >= 0.3 is 6.09 Å². The van der Waals surface area contributed by atoms with Gasteiger partial charge in [-0.15, -0.1) is 0 Å². The van der Waals surface area contributed by atoms with E-state index in [1.54, 1.807) is 6.08 Å². The predicted molar refractivity (Wildman–Crippen MR) is 60.0 cm³/mol. The third-order valence-electron chi connectivity index (χ3n) is 1.88. The van der Waals surface area contributed by atoms with Crippen LogP contribution in [0.5, 0.6) is 0 Å². The summed E-state index contributed by atoms with van der Waals surface area (Å²) >= 11 is 1.21. The molecular weight excluding hydrogens is 230 g/mol. The number of ether oxygens (including phenoxy) is 1. The van der Waals surface area contributed by atoms with E-state index in [2.05, 4.69) is 4.74 Å². The molecule has 0 N–H and O–H groups in total. The van der Waals surface area contributed by atoms with Crippen molar-refractivity contribution in [2.75, 3.05) is 18.9 Å². The van der Waals surface area contributed by atoms with Crippen LogP contribution in [0.25, 0.3) is 0 Å². The first-order valence-corrected chi connectivity index (χ1v) is 5.88. The summed E-state index contributed by atoms with van der Waals surface area (Å²) in [6, 6.07) is 0. The van der Waals surface area contributed by atoms with E-state index in [-0.39, 0.29) is 17.6 Å². The van der Waals surface area contributed by atoms with E-state index in [0.717, 1.165) is 4.90 Å². The van der Waals surface area contributed by atoms with Crippen LogP contribution in [0.1, 0.15) is 13.3 Å². The third-order valence-corrected chi connectivity index (χ3v) is 2.72. The molecule has 0 aromatic rings. The monoisotopic (exact) mass is 243 g/mol. The fourth-order valence-electron chi connectivity index (χ4n) is 1.14. The van der Waals surface area contributed by atoms with Crippen LogP contribution in [0.4, 0.5) is 4.79 Å². The summed E-state index contributed by atoms with van der Waals surface area (Å²) < 4.78 is 4.63. The maximum absolute atomic E-state index is 11.4. The number of nitrogens with zero attached hydrogens (tertiary/aromatic N) is 1. The standard InChI is InChI=1S/C10H13NO4S/c1-8(12)16-7-3-2-4-9(13)11-5-6-15-10(11)14/h2,4H,3,5-7H2,1H3/b4-2+. The minimum absolute atomic E-state index is 0.0582. The average molecular weight is 243 g/mol. The minimum atomic E-state index is -0.590. The molecule has 0 bridgehead atoms. The van der Waals surface area contributed by atoms with E-state index < -0.39 is 6.09 Å². The van der Waals surface area contributed by atoms with Crippen molar-refractivity contribution in [1.29, 1.82) is 0 Å². The second-order valence-corrected chi connectivity index (χ2v) is 4.41. The lowest BCUT2D eigenvalue weighted by atomic mass is 10.4. The summed E-state index contributed by atoms with van der Waals surface area (Å²) in [5.41, 5.74) is 0. The van der Waals surface area contributed by atoms with Gasteiger partial charge in [0.25, 0.3) is 5.91 Å². The highest BCUT2D eigenvalue weighted by atomic mass is 32.2. The van der Waals surface area contributed by atoms with Gasteiger partial charge in [0.1, 0.15) is 6.61 Å². The van der Waals surface area contributed by atoms with Gasteiger partial charge in [-0.05, 0) is 12.5 Å². The smallest absolute Gasteiger partial charge is 0.416 e. The summed E-state index contributed by atoms with van der Waals surface area (Å²) in [4.78, 5) is 34.1. The molecule has 0 aromatic carbocycles. The highest BCUT2D eigenvalue weighted by molar-refractivity contribution is 8.13. The first-order chi connectivity index (χ1) is 7.61. The van der Waals surface area contributed by atoms with E-state index in [0.29, 0.717) is 18.7 Å². The molecular formula is C10H13NO4S. The lowest BCUT2D eigenvalue weighted by molar-refractivity contribution is -0.122. The maximum Gasteiger partial charge on any atom is 0.416 e. The van der Waals surface area contributed by atoms with E-state index >= 15 is 0 Å². The quantitative estimate of drug-likeness (QED) is 0.548. The summed E-state index contributed by atoms with van der Waals surface area (Å²) in [6.07, 6.45) is 3.03. The Morgan fingerprint density at radius 1 is 1.56 bits per heavy atom. The van der Waals surface area contributed by atoms with Gasteiger partial charge in [0.05, 0.1) is 6.54 Å². The molecule has 5 nitrogen and oxygen atoms in total. The Hall–Kier alpha value is -1.30. The van der Waals surface area contributed by atoms with Crippen molar-refractivity contribution >= 4 is 28.9 Å². The molecule has 1 rings (SSSR count). The largest absolute Gasteiger partial charge is 0.447 e. The van der Waals surface area contributed by atoms with E-state index in [1.165, 1.54) is 24.8 Å². The molecule has 1 aliphatic rings. The Labute approximate surface area is 97.8 Å². The van der Waals surface area contributed by atoms with Gasteiger partial charge < -0.3 is 4.74 Å². The normalized spacial score (nSPS) is 15.6. The summed E-state index contributed by atoms with van der Waals surface area (Å²) in [7, 11) is 0. The van der Waals surface area contributed by atoms with Crippen LogP contribution >= 0.6 is 11.8 Å². The SMILES string of the molecule is CC(=O)SCC/C=C/C(=O)N1CCOC1=O. The van der Waals surface area contributed by atoms with Crippen molar-refractivity contribution in [3.05, 3.63) is 12.2 Å². The van der Waals surface area contributed by atoms with Gasteiger partial charge in [0.15, 0.2) is 5.12 Å². The Balaban J connectivity index is 2.25. The summed E-state index contributed by atoms with van der Waals surface area (Å²) in [5.74, 6) is 0.277. The molecule has 1 heterocycles. The molecule has 0 unspecified atom stereocenters. The van der Waals surface area contributed by atoms with E-state index in [4.69, 9.17) is 0 Å². The number of thioether (sulfide) groups is 1. The highest BCUT2D eigenvalue weighted by Crippen LogP contribution is 2.06. The molecule has 6 heteroatoms. The molecule has 0 aliphatic carbocycles. The van der Waals surface area contributed by atoms with Crippen molar-refractivity contribution in [2.45, 2.75) is 13.3 Å². The lowest BCUT2D eigenvalue weighted by Gasteiger charge is -2.06. The number of hydrogen-bond acceptors (Lipinski definition) is 5. The zero-order chi connectivity index (χ0) is 12.0. The zero-order valence-electron chi connectivity index (χ0n) is 8.97. The van der Waals surface area contributed by atoms with Crippen molar-refractivity contribution < 1.29 is 19.1 Å². The number of allylic oxidation sites excluding steroid dienone is 1. The molecule has 2 amide bonds. The number of imide groups is 1. The van der Waals surface area contributed by atoms with Crippen LogP contribution in [-0.4, -0.2) is 40.9 Å². The molecule has 1 fully saturated rings. The van der Waals surface area contributed by atoms with Gasteiger partial charge in [-0.25, -0.2) is 9.69 Å². The van der Waals surface area contributed by atoms with Gasteiger partial charge in [-0.2, -0.15) is 0 Å². The summed E-state index contributed by atoms with van der Waals surface area (Å²) in [6.45, 7) is 2.07. The van der Waals surface area contributed by atoms with Crippen LogP contribution in [0.3, 0.4) is 0 Å². The Kier molecular flexibility index (Phi) is 5.04. The Morgan fingerprint density at radius 3 is 2.88 bits per heavy atom. The average Bonchev–Trinajstić information content (AvgIpc) is 2.63. The van der Waals surface area contributed by atoms with Crippen LogP contribution in [0.2, 0.25) is 0 Å². The predicted octanol–water partition coefficient (Wildman–Crippen LogP) is 1.19. The van der Waals surface area contributed by atoms with Crippen LogP contribution in [0, 0.1) is 0 Å². The van der Waals surface area contributed by atoms with Crippen LogP contribution < -0.4 is 0 Å². The van der Waals surface area contributed by atoms with E-state index in [9.17, 15) is 14.4 Å². The van der Waals surface area contributed by atoms with Gasteiger partial charge in [-0.1, -0.05) is 17.8 Å². The topological polar surface area (TPSA) is 63.7 Å². The third kappa shape index (κ3) is 4.06. The van der Waals surface area contributed by atoms with E-state index in [1.807, 2.05) is 0 Å². The van der Waals surface area contributed by atoms with Gasteiger partial charge in [0, 0.05) is 12.7 Å². The van der Waals surface area contributed by atoms with Crippen LogP contribution in [0.15, 0.2) is 12.2 Å². The molecule has 16 heavy (non-hydrogen) atoms. The molecule has 1 saturated heterocycles. The number of carbonyl (C=O) groups is 3. The Morgan fingerprint density at radius 2 is 2.31 bits per heavy atom. The molecule has 0 saturated carbocycles. The molecule has 0 aromatic heterocycles. The van der Waals surface area contributed by atoms with Crippen molar-refractivity contribution in [3.63, 3.8) is 0 Å². The van der Waals surface area contributed by atoms with Crippen molar-refractivity contribution in [2.24, 2.45) is 0 Å². The molecule has 0 spiro atoms. The first kappa shape index (κ1) is 12.8. The van der Waals surface area contributed by atoms with Gasteiger partial charge in [0.2, 0.25) is 0 Å². The second kappa shape index (κ2) is 6.32. The zero-order valence-corrected chi connectivity index (χ0v) is 9.79. The Bertz CT molecular complexity index is 327.